The van der Waals surface area contributed by atoms with Gasteiger partial charge in [-0.1, -0.05) is 30.3 Å². The van der Waals surface area contributed by atoms with Crippen LogP contribution >= 0.6 is 35.3 Å². The Bertz CT molecular complexity index is 804. The number of aliphatic imine (C=N–C) groups is 1. The number of ether oxygens (including phenoxy) is 1. The van der Waals surface area contributed by atoms with E-state index in [0.29, 0.717) is 13.2 Å². The van der Waals surface area contributed by atoms with Gasteiger partial charge in [0.2, 0.25) is 0 Å². The highest BCUT2D eigenvalue weighted by Gasteiger charge is 2.05. The summed E-state index contributed by atoms with van der Waals surface area (Å²) < 4.78 is 7.92. The molecule has 3 aromatic rings. The first-order valence-electron chi connectivity index (χ1n) is 8.78. The predicted molar refractivity (Wildman–Crippen MR) is 122 cm³/mol. The first-order valence-corrected chi connectivity index (χ1v) is 9.66. The number of halogens is 1. The van der Waals surface area contributed by atoms with Gasteiger partial charge >= 0.3 is 0 Å². The Morgan fingerprint density at radius 1 is 1.30 bits per heavy atom. The van der Waals surface area contributed by atoms with Crippen LogP contribution in [-0.4, -0.2) is 35.5 Å². The number of rotatable bonds is 8. The van der Waals surface area contributed by atoms with Crippen LogP contribution in [0.1, 0.15) is 30.7 Å². The molecule has 27 heavy (non-hydrogen) atoms. The van der Waals surface area contributed by atoms with Crippen LogP contribution in [0.4, 0.5) is 0 Å². The van der Waals surface area contributed by atoms with Gasteiger partial charge in [-0.3, -0.25) is 9.39 Å². The molecule has 146 valence electrons. The van der Waals surface area contributed by atoms with E-state index < -0.39 is 0 Å². The van der Waals surface area contributed by atoms with Crippen LogP contribution in [0.2, 0.25) is 0 Å². The lowest BCUT2D eigenvalue weighted by Gasteiger charge is -2.14. The number of aromatic nitrogens is 2. The Labute approximate surface area is 181 Å². The highest BCUT2D eigenvalue weighted by atomic mass is 127. The van der Waals surface area contributed by atoms with Gasteiger partial charge < -0.3 is 15.4 Å². The highest BCUT2D eigenvalue weighted by molar-refractivity contribution is 14.0. The van der Waals surface area contributed by atoms with Crippen LogP contribution < -0.4 is 10.6 Å². The fourth-order valence-corrected chi connectivity index (χ4v) is 3.33. The Morgan fingerprint density at radius 3 is 2.85 bits per heavy atom. The molecule has 0 spiro atoms. The summed E-state index contributed by atoms with van der Waals surface area (Å²) in [5.41, 5.74) is 2.21. The monoisotopic (exact) mass is 499 g/mol. The largest absolute Gasteiger partial charge is 0.374 e. The molecule has 1 aromatic carbocycles. The average Bonchev–Trinajstić information content (AvgIpc) is 3.26. The van der Waals surface area contributed by atoms with Gasteiger partial charge in [0.25, 0.3) is 0 Å². The van der Waals surface area contributed by atoms with Crippen LogP contribution in [-0.2, 0) is 11.3 Å². The molecule has 0 aliphatic heterocycles. The Hall–Kier alpha value is -1.65. The molecular formula is C19H26IN5OS. The van der Waals surface area contributed by atoms with Crippen molar-refractivity contribution in [3.8, 4) is 0 Å². The molecule has 8 heteroatoms. The molecule has 2 aromatic heterocycles. The fourth-order valence-electron chi connectivity index (χ4n) is 2.62. The summed E-state index contributed by atoms with van der Waals surface area (Å²) in [5.74, 6) is 0.775. The first-order chi connectivity index (χ1) is 12.8. The van der Waals surface area contributed by atoms with Gasteiger partial charge in [-0.05, 0) is 18.9 Å². The van der Waals surface area contributed by atoms with Gasteiger partial charge in [0.1, 0.15) is 0 Å². The molecule has 0 saturated heterocycles. The summed E-state index contributed by atoms with van der Waals surface area (Å²) in [4.78, 5) is 9.81. The summed E-state index contributed by atoms with van der Waals surface area (Å²) >= 11 is 1.63. The zero-order valence-corrected chi connectivity index (χ0v) is 18.7. The minimum absolute atomic E-state index is 0. The molecule has 3 rings (SSSR count). The van der Waals surface area contributed by atoms with E-state index in [0.717, 1.165) is 29.6 Å². The second-order valence-electron chi connectivity index (χ2n) is 5.95. The third kappa shape index (κ3) is 6.47. The number of thiazole rings is 1. The lowest BCUT2D eigenvalue weighted by molar-refractivity contribution is 0.0646. The minimum Gasteiger partial charge on any atom is -0.374 e. The smallest absolute Gasteiger partial charge is 0.193 e. The van der Waals surface area contributed by atoms with Crippen LogP contribution in [0.3, 0.4) is 0 Å². The summed E-state index contributed by atoms with van der Waals surface area (Å²) in [6.45, 7) is 4.24. The van der Waals surface area contributed by atoms with Gasteiger partial charge in [0, 0.05) is 38.0 Å². The van der Waals surface area contributed by atoms with Crippen molar-refractivity contribution >= 4 is 46.2 Å². The van der Waals surface area contributed by atoms with Crippen molar-refractivity contribution < 1.29 is 4.74 Å². The predicted octanol–water partition coefficient (Wildman–Crippen LogP) is 3.85. The molecule has 2 N–H and O–H groups in total. The molecule has 0 amide bonds. The first kappa shape index (κ1) is 21.6. The van der Waals surface area contributed by atoms with Gasteiger partial charge in [0.05, 0.1) is 18.3 Å². The standard InChI is InChI=1S/C19H25N5OS.HI/c1-15(16-7-4-3-5-8-16)25-11-6-9-21-18(20-2)22-13-17-14-24-10-12-26-19(24)23-17;/h3-5,7-8,10,12,14-15H,6,9,11,13H2,1-2H3,(H2,20,21,22);1H. The molecule has 2 heterocycles. The summed E-state index contributed by atoms with van der Waals surface area (Å²) in [6, 6.07) is 10.3. The molecule has 0 radical (unpaired) electrons. The highest BCUT2D eigenvalue weighted by Crippen LogP contribution is 2.15. The van der Waals surface area contributed by atoms with E-state index in [9.17, 15) is 0 Å². The molecule has 0 fully saturated rings. The van der Waals surface area contributed by atoms with Crippen LogP contribution in [0.25, 0.3) is 4.96 Å². The number of benzene rings is 1. The molecule has 0 bridgehead atoms. The summed E-state index contributed by atoms with van der Waals surface area (Å²) in [7, 11) is 1.77. The fraction of sp³-hybridized carbons (Fsp3) is 0.368. The van der Waals surface area contributed by atoms with E-state index in [1.54, 1.807) is 18.4 Å². The maximum atomic E-state index is 5.89. The SMILES string of the molecule is CN=C(NCCCOC(C)c1ccccc1)NCc1cn2ccsc2n1.I. The van der Waals surface area contributed by atoms with Crippen LogP contribution in [0, 0.1) is 0 Å². The van der Waals surface area contributed by atoms with Gasteiger partial charge in [-0.25, -0.2) is 4.98 Å². The Kier molecular flexibility index (Phi) is 9.02. The van der Waals surface area contributed by atoms with E-state index in [4.69, 9.17) is 4.74 Å². The van der Waals surface area contributed by atoms with Crippen molar-refractivity contribution in [2.45, 2.75) is 26.0 Å². The van der Waals surface area contributed by atoms with E-state index in [1.165, 1.54) is 5.56 Å². The number of nitrogens with zero attached hydrogens (tertiary/aromatic N) is 3. The van der Waals surface area contributed by atoms with E-state index in [2.05, 4.69) is 39.7 Å². The summed E-state index contributed by atoms with van der Waals surface area (Å²) in [5, 5.41) is 8.63. The molecule has 1 atom stereocenters. The van der Waals surface area contributed by atoms with Crippen molar-refractivity contribution in [1.82, 2.24) is 20.0 Å². The number of guanidine groups is 1. The van der Waals surface area contributed by atoms with Crippen molar-refractivity contribution in [2.24, 2.45) is 4.99 Å². The van der Waals surface area contributed by atoms with Crippen molar-refractivity contribution in [1.29, 1.82) is 0 Å². The number of fused-ring (bicyclic) bond motifs is 1. The maximum Gasteiger partial charge on any atom is 0.193 e. The molecule has 0 saturated carbocycles. The minimum atomic E-state index is 0. The zero-order valence-electron chi connectivity index (χ0n) is 15.6. The van der Waals surface area contributed by atoms with Crippen LogP contribution in [0.15, 0.2) is 53.1 Å². The third-order valence-corrected chi connectivity index (χ3v) is 4.82. The summed E-state index contributed by atoms with van der Waals surface area (Å²) in [6.07, 6.45) is 5.08. The topological polar surface area (TPSA) is 63.0 Å². The van der Waals surface area contributed by atoms with Gasteiger partial charge in [-0.15, -0.1) is 35.3 Å². The van der Waals surface area contributed by atoms with E-state index in [1.807, 2.05) is 40.4 Å². The van der Waals surface area contributed by atoms with E-state index in [-0.39, 0.29) is 30.1 Å². The molecule has 6 nitrogen and oxygen atoms in total. The maximum absolute atomic E-state index is 5.89. The van der Waals surface area contributed by atoms with Gasteiger partial charge in [-0.2, -0.15) is 0 Å². The Balaban J connectivity index is 0.00000261. The van der Waals surface area contributed by atoms with Gasteiger partial charge in [0.15, 0.2) is 10.9 Å². The second-order valence-corrected chi connectivity index (χ2v) is 6.83. The lowest BCUT2D eigenvalue weighted by atomic mass is 10.1. The third-order valence-electron chi connectivity index (χ3n) is 4.05. The number of imidazole rings is 1. The van der Waals surface area contributed by atoms with Crippen molar-refractivity contribution in [3.05, 3.63) is 59.4 Å². The Morgan fingerprint density at radius 2 is 2.11 bits per heavy atom. The lowest BCUT2D eigenvalue weighted by Crippen LogP contribution is -2.37. The molecule has 1 unspecified atom stereocenters. The second kappa shape index (κ2) is 11.3. The molecule has 0 aliphatic carbocycles. The quantitative estimate of drug-likeness (QED) is 0.214. The molecule has 0 aliphatic rings. The average molecular weight is 499 g/mol. The van der Waals surface area contributed by atoms with Crippen LogP contribution in [0.5, 0.6) is 0 Å². The number of hydrogen-bond acceptors (Lipinski definition) is 4. The normalized spacial score (nSPS) is 12.6. The number of nitrogens with one attached hydrogen (secondary N) is 2. The van der Waals surface area contributed by atoms with Crippen molar-refractivity contribution in [3.63, 3.8) is 0 Å². The zero-order chi connectivity index (χ0) is 18.2. The van der Waals surface area contributed by atoms with E-state index >= 15 is 0 Å². The number of hydrogen-bond donors (Lipinski definition) is 2. The molecular weight excluding hydrogens is 473 g/mol. The van der Waals surface area contributed by atoms with Crippen molar-refractivity contribution in [2.75, 3.05) is 20.2 Å².